The highest BCUT2D eigenvalue weighted by molar-refractivity contribution is 7.90. The lowest BCUT2D eigenvalue weighted by molar-refractivity contribution is 0.00578. The van der Waals surface area contributed by atoms with Crippen molar-refractivity contribution in [3.05, 3.63) is 60.2 Å². The molecule has 6 nitrogen and oxygen atoms in total. The van der Waals surface area contributed by atoms with Gasteiger partial charge in [-0.15, -0.1) is 0 Å². The topological polar surface area (TPSA) is 81.7 Å². The summed E-state index contributed by atoms with van der Waals surface area (Å²) in [6.45, 7) is 7.85. The Balaban J connectivity index is 1.74. The van der Waals surface area contributed by atoms with Gasteiger partial charge in [0.05, 0.1) is 16.1 Å². The number of nitrogens with one attached hydrogen (secondary N) is 1. The van der Waals surface area contributed by atoms with Crippen molar-refractivity contribution >= 4 is 28.5 Å². The number of sulfonamides is 1. The van der Waals surface area contributed by atoms with E-state index in [9.17, 15) is 13.2 Å². The molecular weight excluding hydrogens is 365 g/mol. The third kappa shape index (κ3) is 3.92. The van der Waals surface area contributed by atoms with Gasteiger partial charge >= 0.3 is 7.12 Å². The molecule has 8 heteroatoms. The van der Waals surface area contributed by atoms with E-state index in [2.05, 4.69) is 4.72 Å². The van der Waals surface area contributed by atoms with Crippen LogP contribution < -0.4 is 10.2 Å². The molecule has 0 aliphatic carbocycles. The van der Waals surface area contributed by atoms with E-state index in [1.165, 1.54) is 12.1 Å². The highest BCUT2D eigenvalue weighted by Crippen LogP contribution is 2.36. The van der Waals surface area contributed by atoms with Crippen molar-refractivity contribution in [2.24, 2.45) is 0 Å². The number of benzene rings is 2. The summed E-state index contributed by atoms with van der Waals surface area (Å²) in [5, 5.41) is 0. The summed E-state index contributed by atoms with van der Waals surface area (Å²) >= 11 is 0. The highest BCUT2D eigenvalue weighted by Gasteiger charge is 2.51. The summed E-state index contributed by atoms with van der Waals surface area (Å²) in [7, 11) is -4.45. The van der Waals surface area contributed by atoms with Crippen LogP contribution in [0.5, 0.6) is 0 Å². The maximum Gasteiger partial charge on any atom is 0.494 e. The molecule has 1 N–H and O–H groups in total. The molecule has 142 valence electrons. The van der Waals surface area contributed by atoms with Crippen LogP contribution >= 0.6 is 0 Å². The van der Waals surface area contributed by atoms with Gasteiger partial charge in [0.15, 0.2) is 0 Å². The monoisotopic (exact) mass is 387 g/mol. The quantitative estimate of drug-likeness (QED) is 0.813. The molecule has 0 saturated carbocycles. The van der Waals surface area contributed by atoms with Crippen LogP contribution in [0.1, 0.15) is 38.1 Å². The minimum Gasteiger partial charge on any atom is -0.399 e. The van der Waals surface area contributed by atoms with Crippen molar-refractivity contribution in [3.8, 4) is 0 Å². The number of carbonyl (C=O) groups is 1. The second-order valence-electron chi connectivity index (χ2n) is 7.46. The smallest absolute Gasteiger partial charge is 0.399 e. The molecule has 0 radical (unpaired) electrons. The third-order valence-electron chi connectivity index (χ3n) is 4.98. The first kappa shape index (κ1) is 19.6. The lowest BCUT2D eigenvalue weighted by atomic mass is 9.79. The van der Waals surface area contributed by atoms with Gasteiger partial charge in [-0.25, -0.2) is 13.1 Å². The molecule has 2 aromatic carbocycles. The fourth-order valence-electron chi connectivity index (χ4n) is 2.61. The van der Waals surface area contributed by atoms with Gasteiger partial charge in [0, 0.05) is 5.56 Å². The van der Waals surface area contributed by atoms with Crippen LogP contribution in [0.4, 0.5) is 0 Å². The van der Waals surface area contributed by atoms with Crippen molar-refractivity contribution < 1.29 is 22.5 Å². The van der Waals surface area contributed by atoms with Crippen LogP contribution in [-0.2, 0) is 19.3 Å². The van der Waals surface area contributed by atoms with Gasteiger partial charge in [-0.05, 0) is 57.4 Å². The molecule has 27 heavy (non-hydrogen) atoms. The first-order chi connectivity index (χ1) is 12.5. The van der Waals surface area contributed by atoms with Crippen LogP contribution in [0, 0.1) is 0 Å². The van der Waals surface area contributed by atoms with E-state index in [-0.39, 0.29) is 10.5 Å². The van der Waals surface area contributed by atoms with Gasteiger partial charge < -0.3 is 9.31 Å². The second-order valence-corrected chi connectivity index (χ2v) is 9.14. The first-order valence-corrected chi connectivity index (χ1v) is 10.1. The van der Waals surface area contributed by atoms with Gasteiger partial charge in [-0.1, -0.05) is 30.3 Å². The average Bonchev–Trinajstić information content (AvgIpc) is 2.83. The Morgan fingerprint density at radius 2 is 1.41 bits per heavy atom. The van der Waals surface area contributed by atoms with Gasteiger partial charge in [0.2, 0.25) is 0 Å². The first-order valence-electron chi connectivity index (χ1n) is 8.60. The fraction of sp³-hybridized carbons (Fsp3) is 0.316. The zero-order chi connectivity index (χ0) is 19.9. The van der Waals surface area contributed by atoms with E-state index in [4.69, 9.17) is 9.31 Å². The molecule has 1 amide bonds. The zero-order valence-electron chi connectivity index (χ0n) is 15.7. The summed E-state index contributed by atoms with van der Waals surface area (Å²) < 4.78 is 38.5. The number of hydrogen-bond donors (Lipinski definition) is 1. The van der Waals surface area contributed by atoms with Crippen LogP contribution in [0.25, 0.3) is 0 Å². The molecule has 0 atom stereocenters. The molecular formula is C19H22BNO5S. The SMILES string of the molecule is CC1(C)OB(c2ccc(C(=O)NS(=O)(=O)c3ccccc3)cc2)OC1(C)C. The molecule has 0 spiro atoms. The molecule has 1 saturated heterocycles. The highest BCUT2D eigenvalue weighted by atomic mass is 32.2. The molecule has 1 heterocycles. The summed E-state index contributed by atoms with van der Waals surface area (Å²) in [5.74, 6) is -0.695. The largest absolute Gasteiger partial charge is 0.494 e. The summed E-state index contributed by atoms with van der Waals surface area (Å²) in [6, 6.07) is 14.3. The Morgan fingerprint density at radius 3 is 1.93 bits per heavy atom. The van der Waals surface area contributed by atoms with Gasteiger partial charge in [0.1, 0.15) is 0 Å². The van der Waals surface area contributed by atoms with E-state index in [0.29, 0.717) is 0 Å². The second kappa shape index (κ2) is 6.78. The van der Waals surface area contributed by atoms with E-state index in [1.54, 1.807) is 42.5 Å². The number of amides is 1. The standard InChI is InChI=1S/C19H22BNO5S/c1-18(2)19(3,4)26-20(25-18)15-12-10-14(11-13-15)17(22)21-27(23,24)16-8-6-5-7-9-16/h5-13H,1-4H3,(H,21,22). The predicted molar refractivity (Wildman–Crippen MR) is 103 cm³/mol. The van der Waals surface area contributed by atoms with Crippen molar-refractivity contribution in [1.82, 2.24) is 4.72 Å². The van der Waals surface area contributed by atoms with Gasteiger partial charge in [-0.3, -0.25) is 4.79 Å². The van der Waals surface area contributed by atoms with Crippen molar-refractivity contribution in [1.29, 1.82) is 0 Å². The van der Waals surface area contributed by atoms with E-state index >= 15 is 0 Å². The molecule has 0 aromatic heterocycles. The normalized spacial score (nSPS) is 18.3. The molecule has 1 fully saturated rings. The Kier molecular flexibility index (Phi) is 4.92. The maximum absolute atomic E-state index is 12.3. The van der Waals surface area contributed by atoms with Crippen LogP contribution in [0.3, 0.4) is 0 Å². The van der Waals surface area contributed by atoms with E-state index in [1.807, 2.05) is 27.7 Å². The third-order valence-corrected chi connectivity index (χ3v) is 6.33. The zero-order valence-corrected chi connectivity index (χ0v) is 16.5. The van der Waals surface area contributed by atoms with Crippen LogP contribution in [0.15, 0.2) is 59.5 Å². The van der Waals surface area contributed by atoms with Gasteiger partial charge in [0.25, 0.3) is 15.9 Å². The molecule has 1 aliphatic heterocycles. The number of rotatable bonds is 4. The lowest BCUT2D eigenvalue weighted by Crippen LogP contribution is -2.41. The Bertz CT molecular complexity index is 924. The van der Waals surface area contributed by atoms with Crippen molar-refractivity contribution in [3.63, 3.8) is 0 Å². The number of carbonyl (C=O) groups excluding carboxylic acids is 1. The van der Waals surface area contributed by atoms with E-state index in [0.717, 1.165) is 5.46 Å². The summed E-state index contributed by atoms with van der Waals surface area (Å²) in [4.78, 5) is 12.4. The fourth-order valence-corrected chi connectivity index (χ4v) is 3.61. The number of hydrogen-bond acceptors (Lipinski definition) is 5. The summed E-state index contributed by atoms with van der Waals surface area (Å²) in [6.07, 6.45) is 0. The van der Waals surface area contributed by atoms with Crippen molar-refractivity contribution in [2.75, 3.05) is 0 Å². The minimum absolute atomic E-state index is 0.0344. The summed E-state index contributed by atoms with van der Waals surface area (Å²) in [5.41, 5.74) is 0.0699. The van der Waals surface area contributed by atoms with Crippen molar-refractivity contribution in [2.45, 2.75) is 43.8 Å². The predicted octanol–water partition coefficient (Wildman–Crippen LogP) is 2.10. The molecule has 2 aromatic rings. The molecule has 0 bridgehead atoms. The molecule has 0 unspecified atom stereocenters. The lowest BCUT2D eigenvalue weighted by Gasteiger charge is -2.32. The molecule has 3 rings (SSSR count). The molecule has 1 aliphatic rings. The Labute approximate surface area is 160 Å². The van der Waals surface area contributed by atoms with Crippen LogP contribution in [-0.4, -0.2) is 32.6 Å². The van der Waals surface area contributed by atoms with Crippen LogP contribution in [0.2, 0.25) is 0 Å². The Morgan fingerprint density at radius 1 is 0.889 bits per heavy atom. The van der Waals surface area contributed by atoms with E-state index < -0.39 is 34.3 Å². The average molecular weight is 387 g/mol. The maximum atomic E-state index is 12.3. The van der Waals surface area contributed by atoms with Gasteiger partial charge in [-0.2, -0.15) is 0 Å². The minimum atomic E-state index is -3.91. The Hall–Kier alpha value is -2.16.